The van der Waals surface area contributed by atoms with Gasteiger partial charge in [0.15, 0.2) is 0 Å². The van der Waals surface area contributed by atoms with Gasteiger partial charge in [0.1, 0.15) is 18.5 Å². The van der Waals surface area contributed by atoms with Crippen LogP contribution in [0.1, 0.15) is 49.7 Å². The standard InChI is InChI=1S/C27H32FN5/c1-20(24-7-2-3-8-26(24)28)17-32-13-11-21(12-14-32)5-4-6-22-16-29-27-10-9-23(15-25(22)27)33-18-30-31-19-33/h2-3,7-10,15-16,18-21,29H,4-6,11-14,17H2,1H3. The number of nitrogens with zero attached hydrogens (tertiary/aromatic N) is 4. The van der Waals surface area contributed by atoms with Crippen LogP contribution in [0.2, 0.25) is 0 Å². The molecule has 0 radical (unpaired) electrons. The predicted molar refractivity (Wildman–Crippen MR) is 130 cm³/mol. The molecule has 0 aliphatic carbocycles. The lowest BCUT2D eigenvalue weighted by Gasteiger charge is -2.33. The largest absolute Gasteiger partial charge is 0.361 e. The minimum atomic E-state index is -0.0778. The lowest BCUT2D eigenvalue weighted by Crippen LogP contribution is -2.36. The monoisotopic (exact) mass is 445 g/mol. The summed E-state index contributed by atoms with van der Waals surface area (Å²) in [5.74, 6) is 0.946. The summed E-state index contributed by atoms with van der Waals surface area (Å²) in [7, 11) is 0. The molecule has 172 valence electrons. The number of fused-ring (bicyclic) bond motifs is 1. The van der Waals surface area contributed by atoms with E-state index in [1.54, 1.807) is 24.8 Å². The van der Waals surface area contributed by atoms with Crippen LogP contribution in [0.4, 0.5) is 4.39 Å². The number of halogens is 1. The van der Waals surface area contributed by atoms with Gasteiger partial charge in [-0.3, -0.25) is 4.57 Å². The normalized spacial score (nSPS) is 16.4. The summed E-state index contributed by atoms with van der Waals surface area (Å²) in [5.41, 5.74) is 4.49. The van der Waals surface area contributed by atoms with E-state index in [1.165, 1.54) is 42.1 Å². The molecule has 6 heteroatoms. The zero-order valence-electron chi connectivity index (χ0n) is 19.3. The van der Waals surface area contributed by atoms with Gasteiger partial charge in [-0.05, 0) is 86.0 Å². The van der Waals surface area contributed by atoms with Gasteiger partial charge in [-0.25, -0.2) is 4.39 Å². The van der Waals surface area contributed by atoms with Gasteiger partial charge in [0.2, 0.25) is 0 Å². The number of hydrogen-bond acceptors (Lipinski definition) is 3. The first-order valence-electron chi connectivity index (χ1n) is 12.1. The van der Waals surface area contributed by atoms with Crippen molar-refractivity contribution in [2.24, 2.45) is 5.92 Å². The highest BCUT2D eigenvalue weighted by atomic mass is 19.1. The van der Waals surface area contributed by atoms with Crippen LogP contribution >= 0.6 is 0 Å². The number of aromatic nitrogens is 4. The van der Waals surface area contributed by atoms with Crippen LogP contribution < -0.4 is 0 Å². The maximum atomic E-state index is 14.1. The Labute approximate surface area is 194 Å². The summed E-state index contributed by atoms with van der Waals surface area (Å²) in [6, 6.07) is 13.6. The molecule has 2 aromatic heterocycles. The Morgan fingerprint density at radius 3 is 2.67 bits per heavy atom. The van der Waals surface area contributed by atoms with Crippen LogP contribution in [0.5, 0.6) is 0 Å². The van der Waals surface area contributed by atoms with Crippen molar-refractivity contribution in [3.05, 3.63) is 78.3 Å². The predicted octanol–water partition coefficient (Wildman–Crippen LogP) is 5.73. The van der Waals surface area contributed by atoms with E-state index in [1.807, 2.05) is 16.7 Å². The van der Waals surface area contributed by atoms with Crippen LogP contribution in [-0.2, 0) is 6.42 Å². The van der Waals surface area contributed by atoms with E-state index in [0.717, 1.165) is 43.2 Å². The maximum absolute atomic E-state index is 14.1. The van der Waals surface area contributed by atoms with Gasteiger partial charge in [-0.15, -0.1) is 10.2 Å². The van der Waals surface area contributed by atoms with E-state index in [4.69, 9.17) is 0 Å². The first kappa shape index (κ1) is 21.8. The number of likely N-dealkylation sites (tertiary alicyclic amines) is 1. The number of rotatable bonds is 8. The molecule has 33 heavy (non-hydrogen) atoms. The lowest BCUT2D eigenvalue weighted by molar-refractivity contribution is 0.170. The van der Waals surface area contributed by atoms with E-state index >= 15 is 0 Å². The molecule has 1 fully saturated rings. The Morgan fingerprint density at radius 1 is 1.09 bits per heavy atom. The number of aromatic amines is 1. The van der Waals surface area contributed by atoms with Crippen molar-refractivity contribution < 1.29 is 4.39 Å². The fraction of sp³-hybridized carbons (Fsp3) is 0.407. The smallest absolute Gasteiger partial charge is 0.126 e. The molecule has 3 heterocycles. The molecule has 5 nitrogen and oxygen atoms in total. The summed E-state index contributed by atoms with van der Waals surface area (Å²) in [6.07, 6.45) is 11.7. The second-order valence-corrected chi connectivity index (χ2v) is 9.47. The van der Waals surface area contributed by atoms with Gasteiger partial charge in [-0.1, -0.05) is 31.5 Å². The molecule has 0 saturated carbocycles. The Kier molecular flexibility index (Phi) is 6.53. The lowest BCUT2D eigenvalue weighted by atomic mass is 9.90. The fourth-order valence-corrected chi connectivity index (χ4v) is 5.27. The molecule has 1 N–H and O–H groups in total. The SMILES string of the molecule is CC(CN1CCC(CCCc2c[nH]c3ccc(-n4cnnc4)cc23)CC1)c1ccccc1F. The molecular formula is C27H32FN5. The highest BCUT2D eigenvalue weighted by Gasteiger charge is 2.21. The van der Waals surface area contributed by atoms with Gasteiger partial charge in [0.05, 0.1) is 0 Å². The molecule has 1 atom stereocenters. The van der Waals surface area contributed by atoms with E-state index in [-0.39, 0.29) is 11.7 Å². The number of benzene rings is 2. The molecule has 1 saturated heterocycles. The third kappa shape index (κ3) is 5.01. The number of H-pyrrole nitrogens is 1. The van der Waals surface area contributed by atoms with E-state index in [2.05, 4.69) is 51.4 Å². The maximum Gasteiger partial charge on any atom is 0.126 e. The molecule has 1 aliphatic rings. The molecule has 2 aromatic carbocycles. The highest BCUT2D eigenvalue weighted by Crippen LogP contribution is 2.28. The van der Waals surface area contributed by atoms with Crippen LogP contribution in [0.15, 0.2) is 61.3 Å². The van der Waals surface area contributed by atoms with Crippen LogP contribution in [0.25, 0.3) is 16.6 Å². The minimum absolute atomic E-state index is 0.0778. The van der Waals surface area contributed by atoms with Crippen molar-refractivity contribution in [1.82, 2.24) is 24.6 Å². The van der Waals surface area contributed by atoms with E-state index in [0.29, 0.717) is 0 Å². The van der Waals surface area contributed by atoms with Gasteiger partial charge < -0.3 is 9.88 Å². The molecule has 1 unspecified atom stereocenters. The zero-order valence-corrected chi connectivity index (χ0v) is 19.3. The first-order chi connectivity index (χ1) is 16.2. The second-order valence-electron chi connectivity index (χ2n) is 9.47. The molecule has 0 bridgehead atoms. The number of nitrogens with one attached hydrogen (secondary N) is 1. The van der Waals surface area contributed by atoms with Crippen LogP contribution in [-0.4, -0.2) is 44.3 Å². The summed E-state index contributed by atoms with van der Waals surface area (Å²) in [5, 5.41) is 9.12. The Hall–Kier alpha value is -2.99. The van der Waals surface area contributed by atoms with Crippen molar-refractivity contribution in [1.29, 1.82) is 0 Å². The highest BCUT2D eigenvalue weighted by molar-refractivity contribution is 5.85. The Morgan fingerprint density at radius 2 is 1.88 bits per heavy atom. The van der Waals surface area contributed by atoms with Crippen LogP contribution in [0.3, 0.4) is 0 Å². The molecule has 0 spiro atoms. The topological polar surface area (TPSA) is 49.7 Å². The van der Waals surface area contributed by atoms with Gasteiger partial charge in [0, 0.05) is 29.3 Å². The summed E-state index contributed by atoms with van der Waals surface area (Å²) in [6.45, 7) is 5.33. The number of piperidine rings is 1. The van der Waals surface area contributed by atoms with Crippen molar-refractivity contribution >= 4 is 10.9 Å². The van der Waals surface area contributed by atoms with Gasteiger partial charge >= 0.3 is 0 Å². The molecule has 4 aromatic rings. The summed E-state index contributed by atoms with van der Waals surface area (Å²) < 4.78 is 16.0. The Balaban J connectivity index is 1.10. The molecule has 1 aliphatic heterocycles. The average molecular weight is 446 g/mol. The third-order valence-corrected chi connectivity index (χ3v) is 7.20. The molecular weight excluding hydrogens is 413 g/mol. The average Bonchev–Trinajstić information content (AvgIpc) is 3.51. The number of aryl methyl sites for hydroxylation is 1. The summed E-state index contributed by atoms with van der Waals surface area (Å²) in [4.78, 5) is 5.93. The first-order valence-corrected chi connectivity index (χ1v) is 12.1. The second kappa shape index (κ2) is 9.87. The van der Waals surface area contributed by atoms with Crippen LogP contribution in [0, 0.1) is 11.7 Å². The van der Waals surface area contributed by atoms with E-state index < -0.39 is 0 Å². The van der Waals surface area contributed by atoms with Gasteiger partial charge in [0.25, 0.3) is 0 Å². The van der Waals surface area contributed by atoms with Crippen molar-refractivity contribution in [3.63, 3.8) is 0 Å². The molecule has 0 amide bonds. The molecule has 5 rings (SSSR count). The number of hydrogen-bond donors (Lipinski definition) is 1. The minimum Gasteiger partial charge on any atom is -0.361 e. The van der Waals surface area contributed by atoms with E-state index in [9.17, 15) is 4.39 Å². The van der Waals surface area contributed by atoms with Crippen molar-refractivity contribution in [2.75, 3.05) is 19.6 Å². The van der Waals surface area contributed by atoms with Gasteiger partial charge in [-0.2, -0.15) is 0 Å². The Bertz CT molecular complexity index is 1170. The van der Waals surface area contributed by atoms with Crippen molar-refractivity contribution in [3.8, 4) is 5.69 Å². The fourth-order valence-electron chi connectivity index (χ4n) is 5.27. The zero-order chi connectivity index (χ0) is 22.6. The quantitative estimate of drug-likeness (QED) is 0.377. The van der Waals surface area contributed by atoms with Crippen molar-refractivity contribution in [2.45, 2.75) is 44.9 Å². The summed E-state index contributed by atoms with van der Waals surface area (Å²) >= 11 is 0. The third-order valence-electron chi connectivity index (χ3n) is 7.20.